The molecule has 5 nitrogen and oxygen atoms in total. The number of aliphatic hydroxyl groups is 1. The molecule has 0 saturated carbocycles. The Morgan fingerprint density at radius 3 is 2.77 bits per heavy atom. The van der Waals surface area contributed by atoms with Crippen LogP contribution in [0.5, 0.6) is 5.75 Å². The van der Waals surface area contributed by atoms with Gasteiger partial charge in [-0.3, -0.25) is 4.79 Å². The van der Waals surface area contributed by atoms with Gasteiger partial charge >= 0.3 is 0 Å². The van der Waals surface area contributed by atoms with Crippen molar-refractivity contribution in [2.75, 3.05) is 13.2 Å². The van der Waals surface area contributed by atoms with Crippen molar-refractivity contribution in [1.82, 2.24) is 9.88 Å². The van der Waals surface area contributed by atoms with E-state index in [2.05, 4.69) is 17.1 Å². The number of carbonyl (C=O) groups is 1. The van der Waals surface area contributed by atoms with Crippen LogP contribution in [-0.4, -0.2) is 34.0 Å². The van der Waals surface area contributed by atoms with Crippen molar-refractivity contribution in [1.29, 1.82) is 0 Å². The lowest BCUT2D eigenvalue weighted by Gasteiger charge is -2.20. The summed E-state index contributed by atoms with van der Waals surface area (Å²) in [6, 6.07) is 21.4. The van der Waals surface area contributed by atoms with Crippen LogP contribution in [0.1, 0.15) is 45.4 Å². The van der Waals surface area contributed by atoms with Gasteiger partial charge in [0.1, 0.15) is 18.1 Å². The third kappa shape index (κ3) is 4.69. The Labute approximate surface area is 177 Å². The first-order valence-electron chi connectivity index (χ1n) is 10.3. The van der Waals surface area contributed by atoms with Crippen LogP contribution in [0, 0.1) is 6.92 Å². The van der Waals surface area contributed by atoms with Gasteiger partial charge in [0, 0.05) is 17.8 Å². The lowest BCUT2D eigenvalue weighted by molar-refractivity contribution is 0.0727. The van der Waals surface area contributed by atoms with Crippen LogP contribution >= 0.6 is 0 Å². The molecule has 154 valence electrons. The molecule has 0 bridgehead atoms. The van der Waals surface area contributed by atoms with Crippen LogP contribution in [-0.2, 0) is 13.0 Å². The topological polar surface area (TPSA) is 62.7 Å². The van der Waals surface area contributed by atoms with Crippen LogP contribution < -0.4 is 4.74 Å². The molecule has 0 radical (unpaired) electrons. The van der Waals surface area contributed by atoms with Gasteiger partial charge in [-0.2, -0.15) is 0 Å². The summed E-state index contributed by atoms with van der Waals surface area (Å²) in [6.45, 7) is 3.24. The maximum atomic E-state index is 13.0. The first-order chi connectivity index (χ1) is 14.6. The molecule has 1 aliphatic rings. The van der Waals surface area contributed by atoms with E-state index in [1.54, 1.807) is 11.0 Å². The molecule has 1 amide bonds. The summed E-state index contributed by atoms with van der Waals surface area (Å²) in [5.74, 6) is 0.659. The highest BCUT2D eigenvalue weighted by atomic mass is 16.5. The SMILES string of the molecule is Cc1cccc(C(=O)N2CCOc3ccc([C@H](O)CCc4ccccc4)cc3C2)n1. The van der Waals surface area contributed by atoms with E-state index in [9.17, 15) is 9.90 Å². The molecule has 1 aliphatic heterocycles. The molecule has 4 rings (SSSR count). The summed E-state index contributed by atoms with van der Waals surface area (Å²) in [5, 5.41) is 10.7. The Bertz CT molecular complexity index is 1020. The molecule has 0 aliphatic carbocycles. The van der Waals surface area contributed by atoms with E-state index in [1.165, 1.54) is 5.56 Å². The number of nitrogens with zero attached hydrogens (tertiary/aromatic N) is 2. The van der Waals surface area contributed by atoms with Crippen molar-refractivity contribution in [2.45, 2.75) is 32.4 Å². The van der Waals surface area contributed by atoms with Crippen LogP contribution in [0.2, 0.25) is 0 Å². The number of aryl methyl sites for hydroxylation is 2. The molecule has 0 spiro atoms. The molecular formula is C25H26N2O3. The zero-order valence-electron chi connectivity index (χ0n) is 17.1. The minimum Gasteiger partial charge on any atom is -0.491 e. The summed E-state index contributed by atoms with van der Waals surface area (Å²) in [4.78, 5) is 19.1. The minimum absolute atomic E-state index is 0.106. The molecule has 1 atom stereocenters. The first-order valence-corrected chi connectivity index (χ1v) is 10.3. The Hall–Kier alpha value is -3.18. The molecule has 1 N–H and O–H groups in total. The summed E-state index contributed by atoms with van der Waals surface area (Å²) in [5.41, 5.74) is 4.21. The average Bonchev–Trinajstić information content (AvgIpc) is 2.99. The zero-order chi connectivity index (χ0) is 20.9. The number of rotatable bonds is 5. The molecule has 0 saturated heterocycles. The van der Waals surface area contributed by atoms with Gasteiger partial charge in [0.2, 0.25) is 0 Å². The van der Waals surface area contributed by atoms with E-state index in [-0.39, 0.29) is 5.91 Å². The predicted octanol–water partition coefficient (Wildman–Crippen LogP) is 4.09. The Morgan fingerprint density at radius 2 is 1.97 bits per heavy atom. The molecule has 2 aromatic carbocycles. The molecule has 1 aromatic heterocycles. The average molecular weight is 402 g/mol. The van der Waals surface area contributed by atoms with E-state index in [4.69, 9.17) is 4.74 Å². The molecule has 30 heavy (non-hydrogen) atoms. The molecular weight excluding hydrogens is 376 g/mol. The quantitative estimate of drug-likeness (QED) is 0.698. The highest BCUT2D eigenvalue weighted by Gasteiger charge is 2.23. The van der Waals surface area contributed by atoms with Crippen molar-refractivity contribution >= 4 is 5.91 Å². The Kier molecular flexibility index (Phi) is 6.10. The summed E-state index contributed by atoms with van der Waals surface area (Å²) in [7, 11) is 0. The van der Waals surface area contributed by atoms with Gasteiger partial charge in [-0.25, -0.2) is 4.98 Å². The van der Waals surface area contributed by atoms with Gasteiger partial charge in [0.25, 0.3) is 5.91 Å². The maximum absolute atomic E-state index is 13.0. The largest absolute Gasteiger partial charge is 0.491 e. The van der Waals surface area contributed by atoms with Gasteiger partial charge in [-0.05, 0) is 55.2 Å². The second kappa shape index (κ2) is 9.09. The zero-order valence-corrected chi connectivity index (χ0v) is 17.1. The highest BCUT2D eigenvalue weighted by molar-refractivity contribution is 5.92. The van der Waals surface area contributed by atoms with Crippen molar-refractivity contribution in [3.63, 3.8) is 0 Å². The number of benzene rings is 2. The number of hydrogen-bond donors (Lipinski definition) is 1. The number of aliphatic hydroxyl groups excluding tert-OH is 1. The molecule has 2 heterocycles. The monoisotopic (exact) mass is 402 g/mol. The Morgan fingerprint density at radius 1 is 1.13 bits per heavy atom. The van der Waals surface area contributed by atoms with Crippen molar-refractivity contribution < 1.29 is 14.6 Å². The number of pyridine rings is 1. The fourth-order valence-electron chi connectivity index (χ4n) is 3.73. The molecule has 0 unspecified atom stereocenters. The second-order valence-corrected chi connectivity index (χ2v) is 7.65. The van der Waals surface area contributed by atoms with Crippen molar-refractivity contribution in [2.24, 2.45) is 0 Å². The van der Waals surface area contributed by atoms with Crippen LogP contribution in [0.3, 0.4) is 0 Å². The number of carbonyl (C=O) groups excluding carboxylic acids is 1. The number of hydrogen-bond acceptors (Lipinski definition) is 4. The van der Waals surface area contributed by atoms with Crippen LogP contribution in [0.4, 0.5) is 0 Å². The first kappa shape index (κ1) is 20.1. The number of aromatic nitrogens is 1. The van der Waals surface area contributed by atoms with E-state index in [0.29, 0.717) is 31.8 Å². The summed E-state index contributed by atoms with van der Waals surface area (Å²) < 4.78 is 5.86. The minimum atomic E-state index is -0.568. The smallest absolute Gasteiger partial charge is 0.272 e. The lowest BCUT2D eigenvalue weighted by atomic mass is 9.99. The van der Waals surface area contributed by atoms with Gasteiger partial charge in [-0.1, -0.05) is 42.5 Å². The molecule has 3 aromatic rings. The number of ether oxygens (including phenoxy) is 1. The van der Waals surface area contributed by atoms with E-state index in [1.807, 2.05) is 55.5 Å². The van der Waals surface area contributed by atoms with Crippen LogP contribution in [0.25, 0.3) is 0 Å². The van der Waals surface area contributed by atoms with E-state index < -0.39 is 6.10 Å². The normalized spacial score (nSPS) is 14.4. The van der Waals surface area contributed by atoms with Crippen molar-refractivity contribution in [3.8, 4) is 5.75 Å². The fourth-order valence-corrected chi connectivity index (χ4v) is 3.73. The van der Waals surface area contributed by atoms with E-state index >= 15 is 0 Å². The van der Waals surface area contributed by atoms with Crippen LogP contribution in [0.15, 0.2) is 66.7 Å². The summed E-state index contributed by atoms with van der Waals surface area (Å²) >= 11 is 0. The summed E-state index contributed by atoms with van der Waals surface area (Å²) in [6.07, 6.45) is 0.875. The van der Waals surface area contributed by atoms with Gasteiger partial charge in [-0.15, -0.1) is 0 Å². The van der Waals surface area contributed by atoms with Gasteiger partial charge in [0.15, 0.2) is 0 Å². The molecule has 5 heteroatoms. The standard InChI is InChI=1S/C25H26N2O3/c1-18-6-5-9-22(26-18)25(29)27-14-15-30-24-13-11-20(16-21(24)17-27)23(28)12-10-19-7-3-2-4-8-19/h2-9,11,13,16,23,28H,10,12,14-15,17H2,1H3/t23-/m1/s1. The highest BCUT2D eigenvalue weighted by Crippen LogP contribution is 2.29. The third-order valence-electron chi connectivity index (χ3n) is 5.39. The third-order valence-corrected chi connectivity index (χ3v) is 5.39. The maximum Gasteiger partial charge on any atom is 0.272 e. The van der Waals surface area contributed by atoms with Gasteiger partial charge < -0.3 is 14.7 Å². The lowest BCUT2D eigenvalue weighted by Crippen LogP contribution is -2.33. The molecule has 0 fully saturated rings. The van der Waals surface area contributed by atoms with Gasteiger partial charge in [0.05, 0.1) is 12.6 Å². The predicted molar refractivity (Wildman–Crippen MR) is 115 cm³/mol. The Balaban J connectivity index is 1.49. The van der Waals surface area contributed by atoms with E-state index in [0.717, 1.165) is 29.0 Å². The fraction of sp³-hybridized carbons (Fsp3) is 0.280. The second-order valence-electron chi connectivity index (χ2n) is 7.65. The number of fused-ring (bicyclic) bond motifs is 1. The van der Waals surface area contributed by atoms with Crippen molar-refractivity contribution in [3.05, 3.63) is 94.8 Å². The number of amides is 1.